The van der Waals surface area contributed by atoms with Crippen molar-refractivity contribution in [3.63, 3.8) is 0 Å². The van der Waals surface area contributed by atoms with E-state index < -0.39 is 0 Å². The quantitative estimate of drug-likeness (QED) is 0.335. The molecule has 44 valence electrons. The summed E-state index contributed by atoms with van der Waals surface area (Å²) >= 11 is 1.45. The second-order valence-electron chi connectivity index (χ2n) is 1.06. The van der Waals surface area contributed by atoms with Gasteiger partial charge in [-0.3, -0.25) is 0 Å². The zero-order chi connectivity index (χ0) is 5.54. The maximum Gasteiger partial charge on any atom is 0.0621 e. The highest BCUT2D eigenvalue weighted by atomic mass is 33.1. The molecule has 0 aromatic heterocycles. The molecule has 0 aromatic carbocycles. The molecule has 0 aromatic rings. The molecule has 0 heterocycles. The molecule has 0 rings (SSSR count). The van der Waals surface area contributed by atoms with Gasteiger partial charge < -0.3 is 4.18 Å². The molecule has 0 bridgehead atoms. The fraction of sp³-hybridized carbons (Fsp3) is 1.00. The molecule has 0 aliphatic heterocycles. The Bertz CT molecular complexity index is 28.9. The van der Waals surface area contributed by atoms with Gasteiger partial charge in [-0.2, -0.15) is 0 Å². The van der Waals surface area contributed by atoms with Crippen LogP contribution in [0.4, 0.5) is 0 Å². The third-order valence-electron chi connectivity index (χ3n) is 0.404. The van der Waals surface area contributed by atoms with E-state index in [1.165, 1.54) is 11.1 Å². The SMILES string of the molecule is CCCOSSC. The van der Waals surface area contributed by atoms with Gasteiger partial charge in [0, 0.05) is 0 Å². The van der Waals surface area contributed by atoms with E-state index in [0.717, 1.165) is 13.0 Å². The molecule has 0 radical (unpaired) electrons. The van der Waals surface area contributed by atoms with Crippen LogP contribution in [0.5, 0.6) is 0 Å². The molecule has 7 heavy (non-hydrogen) atoms. The highest BCUT2D eigenvalue weighted by Gasteiger charge is 1.79. The standard InChI is InChI=1S/C4H10OS2/c1-3-4-5-7-6-2/h3-4H2,1-2H3. The Morgan fingerprint density at radius 1 is 1.57 bits per heavy atom. The number of hydrogen-bond acceptors (Lipinski definition) is 3. The highest BCUT2D eigenvalue weighted by Crippen LogP contribution is 2.17. The molecule has 3 heteroatoms. The number of rotatable bonds is 4. The lowest BCUT2D eigenvalue weighted by Crippen LogP contribution is -1.77. The lowest BCUT2D eigenvalue weighted by atomic mass is 10.5. The van der Waals surface area contributed by atoms with Crippen molar-refractivity contribution in [3.8, 4) is 0 Å². The lowest BCUT2D eigenvalue weighted by molar-refractivity contribution is 0.379. The van der Waals surface area contributed by atoms with Gasteiger partial charge >= 0.3 is 0 Å². The van der Waals surface area contributed by atoms with Crippen molar-refractivity contribution in [3.05, 3.63) is 0 Å². The normalized spacial score (nSPS) is 9.43. The van der Waals surface area contributed by atoms with Gasteiger partial charge in [0.2, 0.25) is 0 Å². The molecule has 0 saturated heterocycles. The molecule has 0 unspecified atom stereocenters. The molecule has 0 N–H and O–H groups in total. The molecule has 0 aliphatic rings. The van der Waals surface area contributed by atoms with Gasteiger partial charge in [0.15, 0.2) is 0 Å². The molecule has 0 saturated carbocycles. The van der Waals surface area contributed by atoms with Gasteiger partial charge in [0.1, 0.15) is 0 Å². The Morgan fingerprint density at radius 2 is 2.29 bits per heavy atom. The minimum absolute atomic E-state index is 0.867. The zero-order valence-corrected chi connectivity index (χ0v) is 6.27. The van der Waals surface area contributed by atoms with E-state index in [1.54, 1.807) is 10.8 Å². The fourth-order valence-corrected chi connectivity index (χ4v) is 0.989. The van der Waals surface area contributed by atoms with Crippen molar-refractivity contribution < 1.29 is 4.18 Å². The Balaban J connectivity index is 2.45. The molecule has 0 aliphatic carbocycles. The minimum atomic E-state index is 0.867. The maximum absolute atomic E-state index is 5.01. The zero-order valence-electron chi connectivity index (χ0n) is 4.64. The molecular formula is C4H10OS2. The summed E-state index contributed by atoms with van der Waals surface area (Å²) in [4.78, 5) is 0. The highest BCUT2D eigenvalue weighted by molar-refractivity contribution is 8.74. The third-order valence-corrected chi connectivity index (χ3v) is 1.50. The average molecular weight is 138 g/mol. The smallest absolute Gasteiger partial charge is 0.0621 e. The Kier molecular flexibility index (Phi) is 7.29. The van der Waals surface area contributed by atoms with E-state index in [9.17, 15) is 0 Å². The molecule has 1 nitrogen and oxygen atoms in total. The van der Waals surface area contributed by atoms with Crippen LogP contribution in [0.25, 0.3) is 0 Å². The van der Waals surface area contributed by atoms with Crippen LogP contribution >= 0.6 is 21.9 Å². The Labute approximate surface area is 52.8 Å². The van der Waals surface area contributed by atoms with Crippen LogP contribution in [-0.4, -0.2) is 12.9 Å². The van der Waals surface area contributed by atoms with Gasteiger partial charge in [-0.05, 0) is 12.7 Å². The van der Waals surface area contributed by atoms with Gasteiger partial charge in [-0.25, -0.2) is 0 Å². The largest absolute Gasteiger partial charge is 0.305 e. The first-order valence-electron chi connectivity index (χ1n) is 2.24. The van der Waals surface area contributed by atoms with Gasteiger partial charge in [0.05, 0.1) is 17.7 Å². The van der Waals surface area contributed by atoms with Crippen molar-refractivity contribution in [1.82, 2.24) is 0 Å². The predicted octanol–water partition coefficient (Wildman–Crippen LogP) is 2.34. The van der Waals surface area contributed by atoms with Crippen LogP contribution in [0.15, 0.2) is 0 Å². The lowest BCUT2D eigenvalue weighted by Gasteiger charge is -1.92. The maximum atomic E-state index is 5.01. The molecule has 0 atom stereocenters. The Hall–Kier alpha value is 0.660. The van der Waals surface area contributed by atoms with E-state index in [1.807, 2.05) is 6.26 Å². The van der Waals surface area contributed by atoms with Crippen molar-refractivity contribution in [2.24, 2.45) is 0 Å². The first-order valence-corrected chi connectivity index (χ1v) is 4.72. The predicted molar refractivity (Wildman–Crippen MR) is 37.3 cm³/mol. The summed E-state index contributed by atoms with van der Waals surface area (Å²) in [6.07, 6.45) is 3.11. The summed E-state index contributed by atoms with van der Waals surface area (Å²) in [5.41, 5.74) is 0. The third kappa shape index (κ3) is 6.66. The Morgan fingerprint density at radius 3 is 2.71 bits per heavy atom. The molecule has 0 amide bonds. The van der Waals surface area contributed by atoms with Crippen LogP contribution < -0.4 is 0 Å². The van der Waals surface area contributed by atoms with Crippen LogP contribution in [0.1, 0.15) is 13.3 Å². The number of hydrogen-bond donors (Lipinski definition) is 0. The molecule has 0 spiro atoms. The van der Waals surface area contributed by atoms with Crippen molar-refractivity contribution >= 4 is 21.9 Å². The van der Waals surface area contributed by atoms with E-state index in [4.69, 9.17) is 4.18 Å². The summed E-state index contributed by atoms with van der Waals surface area (Å²) in [5, 5.41) is 0. The van der Waals surface area contributed by atoms with Gasteiger partial charge in [0.25, 0.3) is 0 Å². The average Bonchev–Trinajstić information content (AvgIpc) is 1.69. The summed E-state index contributed by atoms with van der Waals surface area (Å²) < 4.78 is 5.01. The van der Waals surface area contributed by atoms with E-state index in [0.29, 0.717) is 0 Å². The van der Waals surface area contributed by atoms with Crippen LogP contribution in [-0.2, 0) is 4.18 Å². The van der Waals surface area contributed by atoms with Crippen LogP contribution in [0, 0.1) is 0 Å². The first kappa shape index (κ1) is 7.66. The summed E-state index contributed by atoms with van der Waals surface area (Å²) in [5.74, 6) is 0. The summed E-state index contributed by atoms with van der Waals surface area (Å²) in [7, 11) is 1.64. The van der Waals surface area contributed by atoms with E-state index >= 15 is 0 Å². The van der Waals surface area contributed by atoms with Crippen molar-refractivity contribution in [1.29, 1.82) is 0 Å². The summed E-state index contributed by atoms with van der Waals surface area (Å²) in [6, 6.07) is 0. The second kappa shape index (κ2) is 6.66. The van der Waals surface area contributed by atoms with Crippen molar-refractivity contribution in [2.75, 3.05) is 12.9 Å². The van der Waals surface area contributed by atoms with Crippen LogP contribution in [0.3, 0.4) is 0 Å². The van der Waals surface area contributed by atoms with Gasteiger partial charge in [-0.15, -0.1) is 0 Å². The second-order valence-corrected chi connectivity index (χ2v) is 3.17. The van der Waals surface area contributed by atoms with Crippen molar-refractivity contribution in [2.45, 2.75) is 13.3 Å². The van der Waals surface area contributed by atoms with E-state index in [2.05, 4.69) is 6.92 Å². The summed E-state index contributed by atoms with van der Waals surface area (Å²) in [6.45, 7) is 2.96. The first-order chi connectivity index (χ1) is 3.41. The fourth-order valence-electron chi connectivity index (χ4n) is 0.165. The minimum Gasteiger partial charge on any atom is -0.305 e. The van der Waals surface area contributed by atoms with Crippen LogP contribution in [0.2, 0.25) is 0 Å². The van der Waals surface area contributed by atoms with Gasteiger partial charge in [-0.1, -0.05) is 17.7 Å². The molecule has 0 fully saturated rings. The van der Waals surface area contributed by atoms with E-state index in [-0.39, 0.29) is 0 Å². The monoisotopic (exact) mass is 138 g/mol. The topological polar surface area (TPSA) is 9.23 Å². The molecular weight excluding hydrogens is 128 g/mol.